The molecule has 2 rings (SSSR count). The predicted molar refractivity (Wildman–Crippen MR) is 82.9 cm³/mol. The topological polar surface area (TPSA) is 63.1 Å². The molecule has 0 spiro atoms. The number of carbonyl (C=O) groups is 2. The van der Waals surface area contributed by atoms with Crippen LogP contribution in [0.1, 0.15) is 19.8 Å². The standard InChI is InChI=1S/C16H21N3O2/c1-2-9-17-16(21)12-18-15(20)8-11-19-10-7-13-5-3-4-6-14(13)19/h3-7,10H,2,8-9,11-12H2,1H3,(H,17,21)(H,18,20). The summed E-state index contributed by atoms with van der Waals surface area (Å²) in [5.74, 6) is -0.254. The molecule has 1 heterocycles. The van der Waals surface area contributed by atoms with Crippen LogP contribution in [0.2, 0.25) is 0 Å². The van der Waals surface area contributed by atoms with E-state index in [1.165, 1.54) is 0 Å². The zero-order valence-electron chi connectivity index (χ0n) is 12.3. The highest BCUT2D eigenvalue weighted by Gasteiger charge is 2.06. The highest BCUT2D eigenvalue weighted by Crippen LogP contribution is 2.15. The molecule has 21 heavy (non-hydrogen) atoms. The normalized spacial score (nSPS) is 10.5. The highest BCUT2D eigenvalue weighted by atomic mass is 16.2. The van der Waals surface area contributed by atoms with Gasteiger partial charge in [-0.15, -0.1) is 0 Å². The van der Waals surface area contributed by atoms with Gasteiger partial charge in [0, 0.05) is 31.2 Å². The van der Waals surface area contributed by atoms with E-state index in [-0.39, 0.29) is 18.4 Å². The van der Waals surface area contributed by atoms with E-state index in [0.29, 0.717) is 19.5 Å². The monoisotopic (exact) mass is 287 g/mol. The molecule has 0 aliphatic carbocycles. The van der Waals surface area contributed by atoms with Crippen LogP contribution in [0.3, 0.4) is 0 Å². The number of nitrogens with zero attached hydrogens (tertiary/aromatic N) is 1. The van der Waals surface area contributed by atoms with E-state index in [0.717, 1.165) is 17.3 Å². The lowest BCUT2D eigenvalue weighted by atomic mass is 10.2. The Morgan fingerprint density at radius 3 is 2.71 bits per heavy atom. The summed E-state index contributed by atoms with van der Waals surface area (Å²) >= 11 is 0. The molecule has 1 aromatic heterocycles. The first-order valence-electron chi connectivity index (χ1n) is 7.28. The van der Waals surface area contributed by atoms with Crippen LogP contribution in [0.25, 0.3) is 10.9 Å². The summed E-state index contributed by atoms with van der Waals surface area (Å²) in [5, 5.41) is 6.52. The minimum Gasteiger partial charge on any atom is -0.355 e. The Hall–Kier alpha value is -2.30. The molecule has 2 amide bonds. The van der Waals surface area contributed by atoms with Crippen LogP contribution in [0.15, 0.2) is 36.5 Å². The second-order valence-corrected chi connectivity index (χ2v) is 4.94. The number of carbonyl (C=O) groups excluding carboxylic acids is 2. The summed E-state index contributed by atoms with van der Waals surface area (Å²) in [6, 6.07) is 10.1. The molecule has 0 saturated carbocycles. The molecule has 0 unspecified atom stereocenters. The van der Waals surface area contributed by atoms with Crippen LogP contribution in [0.4, 0.5) is 0 Å². The minimum absolute atomic E-state index is 0.0469. The Balaban J connectivity index is 1.77. The van der Waals surface area contributed by atoms with E-state index >= 15 is 0 Å². The van der Waals surface area contributed by atoms with Crippen molar-refractivity contribution in [3.05, 3.63) is 36.5 Å². The fourth-order valence-electron chi connectivity index (χ4n) is 2.15. The van der Waals surface area contributed by atoms with Gasteiger partial charge in [0.15, 0.2) is 0 Å². The predicted octanol–water partition coefficient (Wildman–Crippen LogP) is 1.67. The molecule has 0 saturated heterocycles. The molecular weight excluding hydrogens is 266 g/mol. The average Bonchev–Trinajstić information content (AvgIpc) is 2.92. The number of para-hydroxylation sites is 1. The number of aromatic nitrogens is 1. The first kappa shape index (κ1) is 15.1. The number of hydrogen-bond donors (Lipinski definition) is 2. The Bertz CT molecular complexity index is 619. The summed E-state index contributed by atoms with van der Waals surface area (Å²) in [5.41, 5.74) is 1.12. The summed E-state index contributed by atoms with van der Waals surface area (Å²) in [6.45, 7) is 3.28. The summed E-state index contributed by atoms with van der Waals surface area (Å²) in [7, 11) is 0. The molecule has 2 N–H and O–H groups in total. The smallest absolute Gasteiger partial charge is 0.239 e. The maximum absolute atomic E-state index is 11.7. The van der Waals surface area contributed by atoms with Crippen molar-refractivity contribution < 1.29 is 9.59 Å². The van der Waals surface area contributed by atoms with Crippen LogP contribution in [0, 0.1) is 0 Å². The van der Waals surface area contributed by atoms with Gasteiger partial charge >= 0.3 is 0 Å². The number of aryl methyl sites for hydroxylation is 1. The summed E-state index contributed by atoms with van der Waals surface area (Å²) in [6.07, 6.45) is 3.23. The van der Waals surface area contributed by atoms with Gasteiger partial charge < -0.3 is 15.2 Å². The Kier molecular flexibility index (Phi) is 5.37. The van der Waals surface area contributed by atoms with Crippen molar-refractivity contribution in [2.75, 3.05) is 13.1 Å². The number of nitrogens with one attached hydrogen (secondary N) is 2. The third-order valence-corrected chi connectivity index (χ3v) is 3.28. The molecule has 0 radical (unpaired) electrons. The second kappa shape index (κ2) is 7.47. The SMILES string of the molecule is CCCNC(=O)CNC(=O)CCn1ccc2ccccc21. The van der Waals surface area contributed by atoms with Gasteiger partial charge in [-0.3, -0.25) is 9.59 Å². The van der Waals surface area contributed by atoms with Crippen molar-refractivity contribution in [2.24, 2.45) is 0 Å². The van der Waals surface area contributed by atoms with E-state index in [1.807, 2.05) is 48.0 Å². The zero-order valence-corrected chi connectivity index (χ0v) is 12.3. The lowest BCUT2D eigenvalue weighted by molar-refractivity contribution is -0.126. The molecule has 1 aromatic carbocycles. The highest BCUT2D eigenvalue weighted by molar-refractivity contribution is 5.85. The zero-order chi connectivity index (χ0) is 15.1. The van der Waals surface area contributed by atoms with E-state index < -0.39 is 0 Å². The van der Waals surface area contributed by atoms with Crippen LogP contribution in [0.5, 0.6) is 0 Å². The van der Waals surface area contributed by atoms with Crippen molar-refractivity contribution in [2.45, 2.75) is 26.3 Å². The Morgan fingerprint density at radius 1 is 1.10 bits per heavy atom. The van der Waals surface area contributed by atoms with Gasteiger partial charge in [0.2, 0.25) is 11.8 Å². The van der Waals surface area contributed by atoms with Crippen LogP contribution >= 0.6 is 0 Å². The van der Waals surface area contributed by atoms with Crippen LogP contribution < -0.4 is 10.6 Å². The summed E-state index contributed by atoms with van der Waals surface area (Å²) in [4.78, 5) is 23.1. The van der Waals surface area contributed by atoms with E-state index in [2.05, 4.69) is 10.6 Å². The van der Waals surface area contributed by atoms with Gasteiger partial charge in [-0.1, -0.05) is 25.1 Å². The van der Waals surface area contributed by atoms with Gasteiger partial charge in [0.05, 0.1) is 6.54 Å². The van der Waals surface area contributed by atoms with E-state index in [9.17, 15) is 9.59 Å². The number of amides is 2. The van der Waals surface area contributed by atoms with Crippen molar-refractivity contribution >= 4 is 22.7 Å². The molecule has 5 heteroatoms. The van der Waals surface area contributed by atoms with Crippen molar-refractivity contribution in [3.8, 4) is 0 Å². The van der Waals surface area contributed by atoms with Gasteiger partial charge in [-0.05, 0) is 23.9 Å². The molecule has 0 aliphatic heterocycles. The first-order chi connectivity index (χ1) is 10.2. The number of hydrogen-bond acceptors (Lipinski definition) is 2. The average molecular weight is 287 g/mol. The molecule has 0 atom stereocenters. The molecule has 112 valence electrons. The lowest BCUT2D eigenvalue weighted by Gasteiger charge is -2.07. The molecular formula is C16H21N3O2. The second-order valence-electron chi connectivity index (χ2n) is 4.94. The fourth-order valence-corrected chi connectivity index (χ4v) is 2.15. The Morgan fingerprint density at radius 2 is 1.90 bits per heavy atom. The van der Waals surface area contributed by atoms with Crippen molar-refractivity contribution in [1.29, 1.82) is 0 Å². The molecule has 0 aliphatic rings. The van der Waals surface area contributed by atoms with E-state index in [1.54, 1.807) is 0 Å². The third-order valence-electron chi connectivity index (χ3n) is 3.28. The van der Waals surface area contributed by atoms with Gasteiger partial charge in [0.25, 0.3) is 0 Å². The molecule has 0 fully saturated rings. The number of rotatable bonds is 7. The fraction of sp³-hybridized carbons (Fsp3) is 0.375. The lowest BCUT2D eigenvalue weighted by Crippen LogP contribution is -2.37. The van der Waals surface area contributed by atoms with Gasteiger partial charge in [-0.2, -0.15) is 0 Å². The van der Waals surface area contributed by atoms with Crippen LogP contribution in [-0.2, 0) is 16.1 Å². The van der Waals surface area contributed by atoms with Gasteiger partial charge in [0.1, 0.15) is 0 Å². The van der Waals surface area contributed by atoms with Crippen molar-refractivity contribution in [3.63, 3.8) is 0 Å². The van der Waals surface area contributed by atoms with Crippen molar-refractivity contribution in [1.82, 2.24) is 15.2 Å². The maximum Gasteiger partial charge on any atom is 0.239 e. The summed E-state index contributed by atoms with van der Waals surface area (Å²) < 4.78 is 2.05. The molecule has 0 bridgehead atoms. The first-order valence-corrected chi connectivity index (χ1v) is 7.28. The maximum atomic E-state index is 11.7. The molecule has 2 aromatic rings. The third kappa shape index (κ3) is 4.34. The molecule has 5 nitrogen and oxygen atoms in total. The largest absolute Gasteiger partial charge is 0.355 e. The quantitative estimate of drug-likeness (QED) is 0.813. The minimum atomic E-state index is -0.142. The van der Waals surface area contributed by atoms with Gasteiger partial charge in [-0.25, -0.2) is 0 Å². The van der Waals surface area contributed by atoms with E-state index in [4.69, 9.17) is 0 Å². The number of benzene rings is 1. The number of fused-ring (bicyclic) bond motifs is 1. The Labute approximate surface area is 124 Å². The van der Waals surface area contributed by atoms with Crippen LogP contribution in [-0.4, -0.2) is 29.5 Å².